The van der Waals surface area contributed by atoms with Gasteiger partial charge in [-0.25, -0.2) is 9.97 Å². The van der Waals surface area contributed by atoms with Gasteiger partial charge in [0.05, 0.1) is 23.4 Å². The smallest absolute Gasteiger partial charge is 0.225 e. The Hall–Kier alpha value is -1.25. The van der Waals surface area contributed by atoms with Crippen molar-refractivity contribution in [3.63, 3.8) is 0 Å². The predicted molar refractivity (Wildman–Crippen MR) is 94.0 cm³/mol. The van der Waals surface area contributed by atoms with E-state index in [1.807, 2.05) is 13.8 Å². The molecule has 0 atom stereocenters. The molecule has 0 spiro atoms. The maximum atomic E-state index is 5.62. The molecule has 0 bridgehead atoms. The molecule has 3 rings (SSSR count). The fraction of sp³-hybridized carbons (Fsp3) is 0.688. The number of nitrogens with zero attached hydrogens (tertiary/aromatic N) is 4. The molecule has 2 aliphatic heterocycles. The highest BCUT2D eigenvalue weighted by molar-refractivity contribution is 9.10. The fourth-order valence-corrected chi connectivity index (χ4v) is 2.79. The average Bonchev–Trinajstić information content (AvgIpc) is 2.58. The highest BCUT2D eigenvalue weighted by Gasteiger charge is 2.28. The summed E-state index contributed by atoms with van der Waals surface area (Å²) in [5, 5.41) is 4.29. The van der Waals surface area contributed by atoms with Crippen LogP contribution in [0, 0.1) is 5.92 Å². The number of piperidine rings is 1. The first-order valence-corrected chi connectivity index (χ1v) is 8.99. The third-order valence-corrected chi connectivity index (χ3v) is 4.48. The van der Waals surface area contributed by atoms with Crippen molar-refractivity contribution in [1.29, 1.82) is 0 Å². The third-order valence-electron chi connectivity index (χ3n) is 4.07. The van der Waals surface area contributed by atoms with Crippen LogP contribution in [0.2, 0.25) is 0 Å². The Morgan fingerprint density at radius 2 is 1.88 bits per heavy atom. The van der Waals surface area contributed by atoms with Gasteiger partial charge in [-0.05, 0) is 29.8 Å². The molecule has 3 heterocycles. The van der Waals surface area contributed by atoms with E-state index in [2.05, 4.69) is 36.0 Å². The second-order valence-electron chi connectivity index (χ2n) is 6.53. The maximum absolute atomic E-state index is 5.62. The molecular formula is C16H23BrN4O3. The van der Waals surface area contributed by atoms with E-state index in [0.717, 1.165) is 42.1 Å². The number of rotatable bonds is 4. The molecule has 0 unspecified atom stereocenters. The SMILES string of the molecule is CC1(C)OCC(CON=C2CCN(c3ncc(Br)cn3)CC2)CO1. The molecule has 0 amide bonds. The molecule has 0 radical (unpaired) electrons. The molecule has 132 valence electrons. The van der Waals surface area contributed by atoms with Crippen molar-refractivity contribution in [2.75, 3.05) is 37.8 Å². The molecular weight excluding hydrogens is 376 g/mol. The Balaban J connectivity index is 1.40. The second-order valence-corrected chi connectivity index (χ2v) is 7.45. The number of hydrogen-bond donors (Lipinski definition) is 0. The number of anilines is 1. The maximum Gasteiger partial charge on any atom is 0.225 e. The minimum Gasteiger partial charge on any atom is -0.395 e. The van der Waals surface area contributed by atoms with Gasteiger partial charge in [-0.2, -0.15) is 0 Å². The van der Waals surface area contributed by atoms with Crippen molar-refractivity contribution in [2.45, 2.75) is 32.5 Å². The molecule has 1 aromatic heterocycles. The summed E-state index contributed by atoms with van der Waals surface area (Å²) >= 11 is 3.35. The van der Waals surface area contributed by atoms with Gasteiger partial charge in [0, 0.05) is 44.2 Å². The first-order valence-electron chi connectivity index (χ1n) is 8.20. The zero-order valence-corrected chi connectivity index (χ0v) is 15.7. The number of hydrogen-bond acceptors (Lipinski definition) is 7. The first kappa shape index (κ1) is 17.6. The molecule has 2 aliphatic rings. The van der Waals surface area contributed by atoms with Crippen LogP contribution in [-0.2, 0) is 14.3 Å². The summed E-state index contributed by atoms with van der Waals surface area (Å²) in [5.41, 5.74) is 1.08. The standard InChI is InChI=1S/C16H23BrN4O3/c1-16(2)22-9-12(10-23-16)11-24-20-14-3-5-21(6-4-14)15-18-7-13(17)8-19-15/h7-8,12H,3-6,9-11H2,1-2H3. The van der Waals surface area contributed by atoms with Gasteiger partial charge in [0.25, 0.3) is 0 Å². The Bertz CT molecular complexity index is 559. The second kappa shape index (κ2) is 7.76. The van der Waals surface area contributed by atoms with E-state index in [9.17, 15) is 0 Å². The fourth-order valence-electron chi connectivity index (χ4n) is 2.58. The Morgan fingerprint density at radius 3 is 2.50 bits per heavy atom. The predicted octanol–water partition coefficient (Wildman–Crippen LogP) is 2.61. The molecule has 0 N–H and O–H groups in total. The van der Waals surface area contributed by atoms with E-state index in [4.69, 9.17) is 14.3 Å². The van der Waals surface area contributed by atoms with Crippen LogP contribution in [0.15, 0.2) is 22.0 Å². The lowest BCUT2D eigenvalue weighted by molar-refractivity contribution is -0.266. The first-order chi connectivity index (χ1) is 11.5. The van der Waals surface area contributed by atoms with Crippen molar-refractivity contribution in [3.05, 3.63) is 16.9 Å². The van der Waals surface area contributed by atoms with Gasteiger partial charge in [0.1, 0.15) is 6.61 Å². The molecule has 0 saturated carbocycles. The molecule has 8 heteroatoms. The lowest BCUT2D eigenvalue weighted by Gasteiger charge is -2.34. The highest BCUT2D eigenvalue weighted by atomic mass is 79.9. The summed E-state index contributed by atoms with van der Waals surface area (Å²) in [6, 6.07) is 0. The molecule has 0 aromatic carbocycles. The lowest BCUT2D eigenvalue weighted by atomic mass is 10.1. The summed E-state index contributed by atoms with van der Waals surface area (Å²) in [4.78, 5) is 16.3. The summed E-state index contributed by atoms with van der Waals surface area (Å²) in [7, 11) is 0. The van der Waals surface area contributed by atoms with Crippen LogP contribution >= 0.6 is 15.9 Å². The monoisotopic (exact) mass is 398 g/mol. The topological polar surface area (TPSA) is 69.1 Å². The summed E-state index contributed by atoms with van der Waals surface area (Å²) in [6.45, 7) is 7.37. The van der Waals surface area contributed by atoms with E-state index in [1.165, 1.54) is 0 Å². The summed E-state index contributed by atoms with van der Waals surface area (Å²) < 4.78 is 12.1. The Kier molecular flexibility index (Phi) is 5.68. The summed E-state index contributed by atoms with van der Waals surface area (Å²) in [6.07, 6.45) is 5.27. The number of ether oxygens (including phenoxy) is 2. The number of aromatic nitrogens is 2. The van der Waals surface area contributed by atoms with Crippen LogP contribution in [-0.4, -0.2) is 54.4 Å². The van der Waals surface area contributed by atoms with Gasteiger partial charge in [-0.3, -0.25) is 0 Å². The molecule has 0 aliphatic carbocycles. The van der Waals surface area contributed by atoms with E-state index >= 15 is 0 Å². The molecule has 1 aromatic rings. The van der Waals surface area contributed by atoms with Crippen molar-refractivity contribution >= 4 is 27.6 Å². The number of oxime groups is 1. The van der Waals surface area contributed by atoms with Crippen LogP contribution < -0.4 is 4.90 Å². The van der Waals surface area contributed by atoms with Crippen LogP contribution in [0.4, 0.5) is 5.95 Å². The van der Waals surface area contributed by atoms with Gasteiger partial charge < -0.3 is 19.2 Å². The van der Waals surface area contributed by atoms with E-state index in [1.54, 1.807) is 12.4 Å². The van der Waals surface area contributed by atoms with Crippen LogP contribution in [0.25, 0.3) is 0 Å². The van der Waals surface area contributed by atoms with Crippen molar-refractivity contribution in [2.24, 2.45) is 11.1 Å². The zero-order valence-electron chi connectivity index (χ0n) is 14.1. The normalized spacial score (nSPS) is 21.6. The van der Waals surface area contributed by atoms with Gasteiger partial charge in [0.15, 0.2) is 5.79 Å². The third kappa shape index (κ3) is 4.87. The van der Waals surface area contributed by atoms with E-state index in [0.29, 0.717) is 19.8 Å². The quantitative estimate of drug-likeness (QED) is 0.726. The molecule has 7 nitrogen and oxygen atoms in total. The van der Waals surface area contributed by atoms with Gasteiger partial charge in [-0.15, -0.1) is 0 Å². The minimum atomic E-state index is -0.482. The van der Waals surface area contributed by atoms with Gasteiger partial charge in [-0.1, -0.05) is 5.16 Å². The van der Waals surface area contributed by atoms with Crippen LogP contribution in [0.5, 0.6) is 0 Å². The molecule has 2 fully saturated rings. The average molecular weight is 399 g/mol. The Labute approximate surface area is 150 Å². The zero-order chi connectivity index (χ0) is 17.0. The lowest BCUT2D eigenvalue weighted by Crippen LogP contribution is -2.40. The minimum absolute atomic E-state index is 0.235. The van der Waals surface area contributed by atoms with Crippen molar-refractivity contribution < 1.29 is 14.3 Å². The van der Waals surface area contributed by atoms with Crippen LogP contribution in [0.1, 0.15) is 26.7 Å². The van der Waals surface area contributed by atoms with Gasteiger partial charge >= 0.3 is 0 Å². The Morgan fingerprint density at radius 1 is 1.25 bits per heavy atom. The highest BCUT2D eigenvalue weighted by Crippen LogP contribution is 2.21. The van der Waals surface area contributed by atoms with Gasteiger partial charge in [0.2, 0.25) is 5.95 Å². The van der Waals surface area contributed by atoms with E-state index < -0.39 is 5.79 Å². The van der Waals surface area contributed by atoms with Crippen LogP contribution in [0.3, 0.4) is 0 Å². The molecule has 24 heavy (non-hydrogen) atoms. The number of halogens is 1. The van der Waals surface area contributed by atoms with E-state index in [-0.39, 0.29) is 5.92 Å². The van der Waals surface area contributed by atoms with Crippen molar-refractivity contribution in [3.8, 4) is 0 Å². The van der Waals surface area contributed by atoms with Crippen molar-refractivity contribution in [1.82, 2.24) is 9.97 Å². The molecule has 2 saturated heterocycles. The summed E-state index contributed by atoms with van der Waals surface area (Å²) in [5.74, 6) is 0.514. The largest absolute Gasteiger partial charge is 0.395 e.